The first-order chi connectivity index (χ1) is 17.3. The zero-order valence-electron chi connectivity index (χ0n) is 23.5. The van der Waals surface area contributed by atoms with E-state index in [0.29, 0.717) is 16.6 Å². The van der Waals surface area contributed by atoms with Gasteiger partial charge in [-0.3, -0.25) is 0 Å². The Kier molecular flexibility index (Phi) is 7.78. The van der Waals surface area contributed by atoms with E-state index in [2.05, 4.69) is 74.0 Å². The van der Waals surface area contributed by atoms with Gasteiger partial charge in [-0.05, 0) is 71.4 Å². The first-order valence-electron chi connectivity index (χ1n) is 13.5. The molecule has 1 N–H and O–H groups in total. The number of aromatic nitrogens is 2. The number of sulfonamides is 1. The predicted molar refractivity (Wildman–Crippen MR) is 149 cm³/mol. The van der Waals surface area contributed by atoms with Crippen LogP contribution in [0.5, 0.6) is 0 Å². The lowest BCUT2D eigenvalue weighted by atomic mass is 9.79. The summed E-state index contributed by atoms with van der Waals surface area (Å²) < 4.78 is 37.2. The molecule has 202 valence electrons. The van der Waals surface area contributed by atoms with Gasteiger partial charge in [-0.2, -0.15) is 0 Å². The molecule has 0 radical (unpaired) electrons. The van der Waals surface area contributed by atoms with Gasteiger partial charge >= 0.3 is 0 Å². The highest BCUT2D eigenvalue weighted by atomic mass is 32.2. The summed E-state index contributed by atoms with van der Waals surface area (Å²) in [7, 11) is -3.75. The Bertz CT molecular complexity index is 1290. The molecule has 1 aliphatic rings. The van der Waals surface area contributed by atoms with Crippen molar-refractivity contribution in [3.63, 3.8) is 0 Å². The minimum atomic E-state index is -3.75. The summed E-state index contributed by atoms with van der Waals surface area (Å²) in [5.74, 6) is 1.04. The highest BCUT2D eigenvalue weighted by Gasteiger charge is 2.28. The smallest absolute Gasteiger partial charge is 0.242 e. The van der Waals surface area contributed by atoms with Crippen LogP contribution in [0.3, 0.4) is 0 Å². The number of oxazole rings is 1. The predicted octanol–water partition coefficient (Wildman–Crippen LogP) is 7.11. The quantitative estimate of drug-likeness (QED) is 0.357. The van der Waals surface area contributed by atoms with Crippen molar-refractivity contribution in [1.82, 2.24) is 14.3 Å². The number of nitrogens with one attached hydrogen (secondary N) is 1. The number of hydrogen-bond donors (Lipinski definition) is 1. The van der Waals surface area contributed by atoms with Crippen molar-refractivity contribution < 1.29 is 12.8 Å². The van der Waals surface area contributed by atoms with E-state index >= 15 is 0 Å². The molecule has 7 heteroatoms. The largest absolute Gasteiger partial charge is 0.447 e. The Morgan fingerprint density at radius 1 is 0.973 bits per heavy atom. The third kappa shape index (κ3) is 6.37. The van der Waals surface area contributed by atoms with Gasteiger partial charge < -0.3 is 8.98 Å². The summed E-state index contributed by atoms with van der Waals surface area (Å²) in [6.45, 7) is 16.2. The van der Waals surface area contributed by atoms with E-state index in [-0.39, 0.29) is 17.4 Å². The molecule has 3 aromatic rings. The second-order valence-electron chi connectivity index (χ2n) is 12.7. The van der Waals surface area contributed by atoms with Crippen LogP contribution in [0, 0.1) is 12.8 Å². The van der Waals surface area contributed by atoms with E-state index in [9.17, 15) is 8.42 Å². The van der Waals surface area contributed by atoms with Crippen LogP contribution in [0.25, 0.3) is 11.3 Å². The molecule has 1 fully saturated rings. The van der Waals surface area contributed by atoms with Gasteiger partial charge in [0.25, 0.3) is 0 Å². The van der Waals surface area contributed by atoms with Crippen molar-refractivity contribution in [2.24, 2.45) is 5.92 Å². The Morgan fingerprint density at radius 3 is 2.14 bits per heavy atom. The van der Waals surface area contributed by atoms with Crippen LogP contribution in [0.4, 0.5) is 0 Å². The fourth-order valence-electron chi connectivity index (χ4n) is 5.21. The lowest BCUT2D eigenvalue weighted by Crippen LogP contribution is -2.24. The van der Waals surface area contributed by atoms with E-state index in [1.165, 1.54) is 55.8 Å². The molecule has 37 heavy (non-hydrogen) atoms. The van der Waals surface area contributed by atoms with E-state index in [1.807, 2.05) is 13.0 Å². The summed E-state index contributed by atoms with van der Waals surface area (Å²) in [5, 5.41) is 0. The van der Waals surface area contributed by atoms with Crippen molar-refractivity contribution in [3.8, 4) is 11.3 Å². The average molecular weight is 526 g/mol. The molecule has 1 aromatic carbocycles. The zero-order chi connectivity index (χ0) is 27.0. The standard InChI is InChI=1S/C30H43N3O3S/c1-21-28(37(34,35)32-18-26-17-31-20-36-26)16-27(33(21)19-22-11-9-8-10-12-22)23-13-24(29(2,3)4)15-25(14-23)30(5,6)7/h13-17,20,22,32H,8-12,18-19H2,1-7H3. The molecular formula is C30H43N3O3S. The van der Waals surface area contributed by atoms with E-state index in [1.54, 1.807) is 0 Å². The molecular weight excluding hydrogens is 482 g/mol. The highest BCUT2D eigenvalue weighted by molar-refractivity contribution is 7.89. The minimum Gasteiger partial charge on any atom is -0.447 e. The van der Waals surface area contributed by atoms with Crippen LogP contribution < -0.4 is 4.72 Å². The first-order valence-corrected chi connectivity index (χ1v) is 15.0. The summed E-state index contributed by atoms with van der Waals surface area (Å²) in [6.07, 6.45) is 9.01. The SMILES string of the molecule is Cc1c(S(=O)(=O)NCc2cnco2)cc(-c2cc(C(C)(C)C)cc(C(C)(C)C)c2)n1CC1CCCCC1. The normalized spacial score (nSPS) is 15.9. The molecule has 2 aromatic heterocycles. The maximum atomic E-state index is 13.5. The number of benzene rings is 1. The van der Waals surface area contributed by atoms with E-state index in [0.717, 1.165) is 23.5 Å². The second-order valence-corrected chi connectivity index (χ2v) is 14.4. The van der Waals surface area contributed by atoms with Crippen LogP contribution in [0.15, 0.2) is 46.2 Å². The summed E-state index contributed by atoms with van der Waals surface area (Å²) in [4.78, 5) is 4.22. The topological polar surface area (TPSA) is 77.1 Å². The van der Waals surface area contributed by atoms with Crippen LogP contribution in [0.1, 0.15) is 96.2 Å². The summed E-state index contributed by atoms with van der Waals surface area (Å²) in [6, 6.07) is 8.68. The average Bonchev–Trinajstić information content (AvgIpc) is 3.46. The third-order valence-corrected chi connectivity index (χ3v) is 9.17. The molecule has 0 unspecified atom stereocenters. The Balaban J connectivity index is 1.84. The lowest BCUT2D eigenvalue weighted by Gasteiger charge is -2.27. The Morgan fingerprint density at radius 2 is 1.59 bits per heavy atom. The van der Waals surface area contributed by atoms with Gasteiger partial charge in [0.05, 0.1) is 12.7 Å². The maximum Gasteiger partial charge on any atom is 0.242 e. The Labute approximate surface area is 222 Å². The molecule has 2 heterocycles. The van der Waals surface area contributed by atoms with Crippen LogP contribution >= 0.6 is 0 Å². The third-order valence-electron chi connectivity index (χ3n) is 7.66. The molecule has 0 aliphatic heterocycles. The number of rotatable bonds is 7. The zero-order valence-corrected chi connectivity index (χ0v) is 24.3. The van der Waals surface area contributed by atoms with Crippen molar-refractivity contribution in [1.29, 1.82) is 0 Å². The van der Waals surface area contributed by atoms with Gasteiger partial charge in [0, 0.05) is 17.9 Å². The van der Waals surface area contributed by atoms with Crippen molar-refractivity contribution >= 4 is 10.0 Å². The fraction of sp³-hybridized carbons (Fsp3) is 0.567. The number of hydrogen-bond acceptors (Lipinski definition) is 4. The molecule has 1 saturated carbocycles. The van der Waals surface area contributed by atoms with E-state index in [4.69, 9.17) is 4.42 Å². The summed E-state index contributed by atoms with van der Waals surface area (Å²) in [5.41, 5.74) is 5.28. The second kappa shape index (κ2) is 10.4. The lowest BCUT2D eigenvalue weighted by molar-refractivity contribution is 0.318. The molecule has 0 saturated heterocycles. The molecule has 0 bridgehead atoms. The van der Waals surface area contributed by atoms with Gasteiger partial charge in [-0.1, -0.05) is 66.9 Å². The number of nitrogens with zero attached hydrogens (tertiary/aromatic N) is 2. The maximum absolute atomic E-state index is 13.5. The Hall–Kier alpha value is -2.38. The molecule has 4 rings (SSSR count). The van der Waals surface area contributed by atoms with Gasteiger partial charge in [0.15, 0.2) is 6.39 Å². The van der Waals surface area contributed by atoms with Crippen LogP contribution in [-0.2, 0) is 33.9 Å². The molecule has 6 nitrogen and oxygen atoms in total. The molecule has 0 amide bonds. The van der Waals surface area contributed by atoms with Gasteiger partial charge in [0.1, 0.15) is 10.7 Å². The van der Waals surface area contributed by atoms with Crippen LogP contribution in [0.2, 0.25) is 0 Å². The molecule has 1 aliphatic carbocycles. The first kappa shape index (κ1) is 27.6. The van der Waals surface area contributed by atoms with Gasteiger partial charge in [-0.25, -0.2) is 18.1 Å². The minimum absolute atomic E-state index is 0.0284. The molecule has 0 spiro atoms. The summed E-state index contributed by atoms with van der Waals surface area (Å²) >= 11 is 0. The van der Waals surface area contributed by atoms with Gasteiger partial charge in [-0.15, -0.1) is 0 Å². The fourth-order valence-corrected chi connectivity index (χ4v) is 6.46. The monoisotopic (exact) mass is 525 g/mol. The van der Waals surface area contributed by atoms with Crippen LogP contribution in [-0.4, -0.2) is 18.0 Å². The van der Waals surface area contributed by atoms with Crippen molar-refractivity contribution in [3.05, 3.63) is 59.4 Å². The van der Waals surface area contributed by atoms with Gasteiger partial charge in [0.2, 0.25) is 10.0 Å². The molecule has 0 atom stereocenters. The highest BCUT2D eigenvalue weighted by Crippen LogP contribution is 2.37. The van der Waals surface area contributed by atoms with Crippen molar-refractivity contribution in [2.75, 3.05) is 0 Å². The van der Waals surface area contributed by atoms with Crippen molar-refractivity contribution in [2.45, 2.75) is 109 Å². The van der Waals surface area contributed by atoms with E-state index < -0.39 is 10.0 Å².